The second kappa shape index (κ2) is 10.4. The lowest BCUT2D eigenvalue weighted by Crippen LogP contribution is -2.06. The second-order valence-electron chi connectivity index (χ2n) is 7.50. The Morgan fingerprint density at radius 2 is 1.57 bits per heavy atom. The summed E-state index contributed by atoms with van der Waals surface area (Å²) >= 11 is 4.50. The van der Waals surface area contributed by atoms with Crippen LogP contribution in [0.2, 0.25) is 0 Å². The van der Waals surface area contributed by atoms with Crippen LogP contribution in [0.3, 0.4) is 0 Å². The van der Waals surface area contributed by atoms with Crippen molar-refractivity contribution in [1.82, 2.24) is 4.98 Å². The van der Waals surface area contributed by atoms with Gasteiger partial charge >= 0.3 is 0 Å². The molecule has 0 radical (unpaired) electrons. The molecule has 8 heteroatoms. The number of thioether (sulfide) groups is 1. The number of anilines is 1. The summed E-state index contributed by atoms with van der Waals surface area (Å²) in [4.78, 5) is 17.1. The van der Waals surface area contributed by atoms with Gasteiger partial charge in [-0.05, 0) is 41.0 Å². The average Bonchev–Trinajstić information content (AvgIpc) is 2.87. The molecular weight excluding hydrogens is 524 g/mol. The molecule has 0 aliphatic carbocycles. The molecule has 0 unspecified atom stereocenters. The number of nitrogens with two attached hydrogens (primary N) is 1. The highest BCUT2D eigenvalue weighted by Crippen LogP contribution is 2.36. The van der Waals surface area contributed by atoms with Crippen LogP contribution >= 0.6 is 27.7 Å². The van der Waals surface area contributed by atoms with E-state index in [0.29, 0.717) is 11.1 Å². The summed E-state index contributed by atoms with van der Waals surface area (Å²) in [5.41, 5.74) is 9.51. The van der Waals surface area contributed by atoms with Crippen molar-refractivity contribution in [2.24, 2.45) is 0 Å². The summed E-state index contributed by atoms with van der Waals surface area (Å²) in [6.45, 7) is 0. The number of hydrogen-bond acceptors (Lipinski definition) is 7. The third-order valence-electron chi connectivity index (χ3n) is 5.27. The molecule has 3 aromatic carbocycles. The lowest BCUT2D eigenvalue weighted by atomic mass is 9.97. The van der Waals surface area contributed by atoms with Crippen molar-refractivity contribution in [3.05, 3.63) is 94.0 Å². The number of aromatic nitrogens is 1. The quantitative estimate of drug-likeness (QED) is 0.221. The van der Waals surface area contributed by atoms with E-state index in [4.69, 9.17) is 5.73 Å². The highest BCUT2D eigenvalue weighted by atomic mass is 79.9. The molecule has 0 bridgehead atoms. The van der Waals surface area contributed by atoms with Gasteiger partial charge in [0.1, 0.15) is 34.3 Å². The van der Waals surface area contributed by atoms with Gasteiger partial charge in [-0.2, -0.15) is 10.5 Å². The Kier molecular flexibility index (Phi) is 7.17. The molecule has 0 saturated heterocycles. The van der Waals surface area contributed by atoms with Crippen molar-refractivity contribution in [2.75, 3.05) is 11.5 Å². The summed E-state index contributed by atoms with van der Waals surface area (Å²) in [5.74, 6) is -0.158. The van der Waals surface area contributed by atoms with Gasteiger partial charge < -0.3 is 10.8 Å². The number of nitrogens with zero attached hydrogens (tertiary/aromatic N) is 3. The number of rotatable bonds is 6. The number of benzene rings is 3. The van der Waals surface area contributed by atoms with E-state index in [-0.39, 0.29) is 44.8 Å². The van der Waals surface area contributed by atoms with Gasteiger partial charge in [-0.3, -0.25) is 4.79 Å². The van der Waals surface area contributed by atoms with Gasteiger partial charge in [0.25, 0.3) is 0 Å². The van der Waals surface area contributed by atoms with Gasteiger partial charge in [0.05, 0.1) is 11.3 Å². The maximum Gasteiger partial charge on any atom is 0.173 e. The molecule has 1 heterocycles. The zero-order valence-corrected chi connectivity index (χ0v) is 20.6. The molecule has 0 saturated carbocycles. The molecule has 0 spiro atoms. The largest absolute Gasteiger partial charge is 0.508 e. The number of nitriles is 2. The number of hydrogen-bond donors (Lipinski definition) is 2. The molecule has 0 fully saturated rings. The van der Waals surface area contributed by atoms with Crippen molar-refractivity contribution >= 4 is 39.3 Å². The van der Waals surface area contributed by atoms with Crippen molar-refractivity contribution in [2.45, 2.75) is 5.03 Å². The van der Waals surface area contributed by atoms with Gasteiger partial charge in [-0.1, -0.05) is 76.2 Å². The first-order valence-electron chi connectivity index (χ1n) is 10.4. The Labute approximate surface area is 214 Å². The Morgan fingerprint density at radius 3 is 2.17 bits per heavy atom. The van der Waals surface area contributed by atoms with Gasteiger partial charge in [-0.25, -0.2) is 4.98 Å². The number of phenols is 1. The number of nitrogen functional groups attached to an aromatic ring is 1. The maximum atomic E-state index is 12.9. The first kappa shape index (κ1) is 24.0. The Hall–Kier alpha value is -4.11. The molecule has 0 aliphatic heterocycles. The highest BCUT2D eigenvalue weighted by molar-refractivity contribution is 9.10. The topological polar surface area (TPSA) is 124 Å². The van der Waals surface area contributed by atoms with E-state index in [9.17, 15) is 20.4 Å². The number of carbonyl (C=O) groups excluding carboxylic acids is 1. The summed E-state index contributed by atoms with van der Waals surface area (Å²) < 4.78 is 0.992. The van der Waals surface area contributed by atoms with Crippen molar-refractivity contribution in [1.29, 1.82) is 10.5 Å². The fraction of sp³-hybridized carbons (Fsp3) is 0.0370. The molecular formula is C27H17BrN4O2S. The molecule has 0 atom stereocenters. The number of ketones is 1. The number of Topliss-reactive ketones (excluding diaryl/α,β-unsaturated/α-hetero) is 1. The molecule has 4 aromatic rings. The Balaban J connectivity index is 1.60. The number of aromatic hydroxyl groups is 1. The molecule has 6 nitrogen and oxygen atoms in total. The lowest BCUT2D eigenvalue weighted by Gasteiger charge is -2.13. The van der Waals surface area contributed by atoms with E-state index < -0.39 is 0 Å². The molecule has 170 valence electrons. The first-order chi connectivity index (χ1) is 16.9. The van der Waals surface area contributed by atoms with Gasteiger partial charge in [0.2, 0.25) is 0 Å². The molecule has 3 N–H and O–H groups in total. The summed E-state index contributed by atoms with van der Waals surface area (Å²) in [6, 6.07) is 25.5. The van der Waals surface area contributed by atoms with Crippen LogP contribution in [0.1, 0.15) is 21.5 Å². The predicted octanol–water partition coefficient (Wildman–Crippen LogP) is 6.18. The van der Waals surface area contributed by atoms with E-state index in [0.717, 1.165) is 27.4 Å². The number of pyridine rings is 1. The van der Waals surface area contributed by atoms with Crippen LogP contribution in [0.15, 0.2) is 82.3 Å². The Morgan fingerprint density at radius 1 is 0.943 bits per heavy atom. The fourth-order valence-corrected chi connectivity index (χ4v) is 4.71. The monoisotopic (exact) mass is 540 g/mol. The minimum atomic E-state index is -0.134. The van der Waals surface area contributed by atoms with Crippen LogP contribution in [0.5, 0.6) is 5.75 Å². The molecule has 0 amide bonds. The van der Waals surface area contributed by atoms with Crippen LogP contribution in [0.4, 0.5) is 5.82 Å². The zero-order valence-electron chi connectivity index (χ0n) is 18.2. The van der Waals surface area contributed by atoms with E-state index >= 15 is 0 Å². The lowest BCUT2D eigenvalue weighted by molar-refractivity contribution is 0.102. The fourth-order valence-electron chi connectivity index (χ4n) is 3.56. The second-order valence-corrected chi connectivity index (χ2v) is 9.38. The number of phenolic OH excluding ortho intramolecular Hbond substituents is 1. The van der Waals surface area contributed by atoms with E-state index in [1.54, 1.807) is 24.3 Å². The van der Waals surface area contributed by atoms with Crippen LogP contribution in [-0.4, -0.2) is 21.6 Å². The summed E-state index contributed by atoms with van der Waals surface area (Å²) in [5, 5.41) is 29.6. The van der Waals surface area contributed by atoms with Crippen molar-refractivity contribution < 1.29 is 9.90 Å². The molecule has 4 rings (SSSR count). The zero-order chi connectivity index (χ0) is 24.9. The Bertz CT molecular complexity index is 1500. The maximum absolute atomic E-state index is 12.9. The minimum absolute atomic E-state index is 0.0124. The predicted molar refractivity (Wildman–Crippen MR) is 140 cm³/mol. The number of carbonyl (C=O) groups is 1. The van der Waals surface area contributed by atoms with E-state index in [2.05, 4.69) is 27.0 Å². The minimum Gasteiger partial charge on any atom is -0.508 e. The standard InChI is InChI=1S/C27H17BrN4O2S/c28-20-10-8-17(9-11-20)16-4-6-18(7-5-16)24(34)15-35-27-23(14-30)25(22(13-29)26(31)32-27)19-2-1-3-21(33)12-19/h1-12,33H,15H2,(H2,31,32). The van der Waals surface area contributed by atoms with E-state index in [1.165, 1.54) is 12.1 Å². The van der Waals surface area contributed by atoms with E-state index in [1.807, 2.05) is 42.5 Å². The summed E-state index contributed by atoms with van der Waals surface area (Å²) in [6.07, 6.45) is 0. The average molecular weight is 541 g/mol. The van der Waals surface area contributed by atoms with Gasteiger partial charge in [-0.15, -0.1) is 0 Å². The SMILES string of the molecule is N#Cc1c(N)nc(SCC(=O)c2ccc(-c3ccc(Br)cc3)cc2)c(C#N)c1-c1cccc(O)c1. The van der Waals surface area contributed by atoms with Crippen molar-refractivity contribution in [3.63, 3.8) is 0 Å². The van der Waals surface area contributed by atoms with Crippen LogP contribution in [-0.2, 0) is 0 Å². The normalized spacial score (nSPS) is 10.4. The smallest absolute Gasteiger partial charge is 0.173 e. The molecule has 1 aromatic heterocycles. The molecule has 35 heavy (non-hydrogen) atoms. The van der Waals surface area contributed by atoms with Crippen LogP contribution < -0.4 is 5.73 Å². The number of halogens is 1. The first-order valence-corrected chi connectivity index (χ1v) is 12.1. The van der Waals surface area contributed by atoms with Crippen LogP contribution in [0, 0.1) is 22.7 Å². The highest BCUT2D eigenvalue weighted by Gasteiger charge is 2.21. The van der Waals surface area contributed by atoms with Gasteiger partial charge in [0.15, 0.2) is 5.78 Å². The van der Waals surface area contributed by atoms with Crippen molar-refractivity contribution in [3.8, 4) is 40.1 Å². The molecule has 0 aliphatic rings. The third-order valence-corrected chi connectivity index (χ3v) is 6.78. The summed E-state index contributed by atoms with van der Waals surface area (Å²) in [7, 11) is 0. The van der Waals surface area contributed by atoms with Gasteiger partial charge in [0, 0.05) is 15.6 Å². The van der Waals surface area contributed by atoms with Crippen LogP contribution in [0.25, 0.3) is 22.3 Å². The third kappa shape index (κ3) is 5.20.